The van der Waals surface area contributed by atoms with Gasteiger partial charge in [-0.2, -0.15) is 0 Å². The second kappa shape index (κ2) is 3.18. The Morgan fingerprint density at radius 3 is 2.71 bits per heavy atom. The lowest BCUT2D eigenvalue weighted by molar-refractivity contribution is 0.476. The Hall–Kier alpha value is -1.77. The lowest BCUT2D eigenvalue weighted by Crippen LogP contribution is -2.10. The molecule has 0 spiro atoms. The van der Waals surface area contributed by atoms with Crippen molar-refractivity contribution in [3.63, 3.8) is 0 Å². The monoisotopic (exact) mass is 188 g/mol. The Morgan fingerprint density at radius 1 is 1.21 bits per heavy atom. The number of aromatic hydroxyl groups is 1. The van der Waals surface area contributed by atoms with Gasteiger partial charge in [0.25, 0.3) is 0 Å². The topological polar surface area (TPSA) is 36.4 Å². The zero-order valence-corrected chi connectivity index (χ0v) is 8.23. The maximum atomic E-state index is 9.39. The minimum absolute atomic E-state index is 0.272. The van der Waals surface area contributed by atoms with E-state index in [4.69, 9.17) is 0 Å². The molecule has 0 aliphatic heterocycles. The molecule has 1 heterocycles. The van der Waals surface area contributed by atoms with Gasteiger partial charge < -0.3 is 10.0 Å². The second-order valence-corrected chi connectivity index (χ2v) is 3.43. The van der Waals surface area contributed by atoms with E-state index in [9.17, 15) is 5.11 Å². The van der Waals surface area contributed by atoms with Crippen molar-refractivity contribution in [3.05, 3.63) is 30.5 Å². The molecule has 0 saturated heterocycles. The highest BCUT2D eigenvalue weighted by Crippen LogP contribution is 2.26. The van der Waals surface area contributed by atoms with Crippen LogP contribution < -0.4 is 4.90 Å². The summed E-state index contributed by atoms with van der Waals surface area (Å²) in [5.41, 5.74) is 0. The highest BCUT2D eigenvalue weighted by molar-refractivity contribution is 5.92. The molecule has 0 radical (unpaired) electrons. The highest BCUT2D eigenvalue weighted by atomic mass is 16.3. The maximum absolute atomic E-state index is 9.39. The van der Waals surface area contributed by atoms with Gasteiger partial charge in [-0.15, -0.1) is 0 Å². The van der Waals surface area contributed by atoms with Gasteiger partial charge in [0.15, 0.2) is 0 Å². The van der Waals surface area contributed by atoms with Gasteiger partial charge in [-0.25, -0.2) is 4.98 Å². The van der Waals surface area contributed by atoms with E-state index in [0.717, 1.165) is 16.6 Å². The van der Waals surface area contributed by atoms with Crippen LogP contribution >= 0.6 is 0 Å². The van der Waals surface area contributed by atoms with Crippen molar-refractivity contribution in [2.45, 2.75) is 0 Å². The zero-order valence-electron chi connectivity index (χ0n) is 8.23. The first-order chi connectivity index (χ1) is 6.68. The number of pyridine rings is 1. The van der Waals surface area contributed by atoms with Crippen molar-refractivity contribution in [2.75, 3.05) is 19.0 Å². The molecule has 0 atom stereocenters. The molecule has 2 rings (SSSR count). The molecule has 1 aromatic carbocycles. The van der Waals surface area contributed by atoms with Gasteiger partial charge in [-0.3, -0.25) is 0 Å². The number of rotatable bonds is 1. The molecule has 14 heavy (non-hydrogen) atoms. The standard InChI is InChI=1S/C11H12N2O/c1-13(2)11-10-7-9(14)4-3-8(10)5-6-12-11/h3-7,14H,1-2H3. The maximum Gasteiger partial charge on any atom is 0.136 e. The highest BCUT2D eigenvalue weighted by Gasteiger charge is 2.04. The fraction of sp³-hybridized carbons (Fsp3) is 0.182. The molecule has 0 bridgehead atoms. The number of hydrogen-bond donors (Lipinski definition) is 1. The number of fused-ring (bicyclic) bond motifs is 1. The van der Waals surface area contributed by atoms with Gasteiger partial charge in [0.2, 0.25) is 0 Å². The van der Waals surface area contributed by atoms with Crippen LogP contribution in [-0.4, -0.2) is 24.2 Å². The summed E-state index contributed by atoms with van der Waals surface area (Å²) >= 11 is 0. The van der Waals surface area contributed by atoms with Crippen LogP contribution in [0.15, 0.2) is 30.5 Å². The smallest absolute Gasteiger partial charge is 0.136 e. The molecule has 0 aliphatic rings. The van der Waals surface area contributed by atoms with Crippen molar-refractivity contribution >= 4 is 16.6 Å². The molecular weight excluding hydrogens is 176 g/mol. The molecule has 1 aromatic heterocycles. The Kier molecular flexibility index (Phi) is 2.00. The van der Waals surface area contributed by atoms with Crippen LogP contribution in [0.3, 0.4) is 0 Å². The van der Waals surface area contributed by atoms with Crippen molar-refractivity contribution in [1.29, 1.82) is 0 Å². The van der Waals surface area contributed by atoms with Crippen LogP contribution in [0.5, 0.6) is 5.75 Å². The van der Waals surface area contributed by atoms with Crippen LogP contribution in [0, 0.1) is 0 Å². The third kappa shape index (κ3) is 1.37. The third-order valence-corrected chi connectivity index (χ3v) is 2.15. The molecule has 0 fully saturated rings. The summed E-state index contributed by atoms with van der Waals surface area (Å²) < 4.78 is 0. The summed E-state index contributed by atoms with van der Waals surface area (Å²) in [5.74, 6) is 1.15. The largest absolute Gasteiger partial charge is 0.508 e. The van der Waals surface area contributed by atoms with Gasteiger partial charge in [0, 0.05) is 25.7 Å². The number of phenols is 1. The average Bonchev–Trinajstić information content (AvgIpc) is 2.16. The third-order valence-electron chi connectivity index (χ3n) is 2.15. The molecular formula is C11H12N2O. The van der Waals surface area contributed by atoms with E-state index in [-0.39, 0.29) is 5.75 Å². The first kappa shape index (κ1) is 8.81. The summed E-state index contributed by atoms with van der Waals surface area (Å²) in [7, 11) is 3.87. The van der Waals surface area contributed by atoms with Crippen molar-refractivity contribution in [1.82, 2.24) is 4.98 Å². The molecule has 3 nitrogen and oxygen atoms in total. The molecule has 0 aliphatic carbocycles. The van der Waals surface area contributed by atoms with Crippen molar-refractivity contribution < 1.29 is 5.11 Å². The number of anilines is 1. The molecule has 0 unspecified atom stereocenters. The van der Waals surface area contributed by atoms with Gasteiger partial charge in [-0.05, 0) is 23.6 Å². The molecule has 0 saturated carbocycles. The second-order valence-electron chi connectivity index (χ2n) is 3.43. The predicted octanol–water partition coefficient (Wildman–Crippen LogP) is 2.01. The quantitative estimate of drug-likeness (QED) is 0.743. The van der Waals surface area contributed by atoms with Gasteiger partial charge >= 0.3 is 0 Å². The summed E-state index contributed by atoms with van der Waals surface area (Å²) in [6, 6.07) is 7.24. The average molecular weight is 188 g/mol. The molecule has 0 amide bonds. The van der Waals surface area contributed by atoms with Crippen LogP contribution in [0.2, 0.25) is 0 Å². The van der Waals surface area contributed by atoms with E-state index < -0.39 is 0 Å². The van der Waals surface area contributed by atoms with Crippen LogP contribution in [0.1, 0.15) is 0 Å². The number of phenolic OH excluding ortho intramolecular Hbond substituents is 1. The van der Waals surface area contributed by atoms with Gasteiger partial charge in [0.05, 0.1) is 0 Å². The molecule has 3 heteroatoms. The van der Waals surface area contributed by atoms with E-state index >= 15 is 0 Å². The van der Waals surface area contributed by atoms with Crippen LogP contribution in [0.4, 0.5) is 5.82 Å². The fourth-order valence-electron chi connectivity index (χ4n) is 1.50. The van der Waals surface area contributed by atoms with Gasteiger partial charge in [0.1, 0.15) is 11.6 Å². The number of nitrogens with zero attached hydrogens (tertiary/aromatic N) is 2. The zero-order chi connectivity index (χ0) is 10.1. The lowest BCUT2D eigenvalue weighted by atomic mass is 10.1. The Labute approximate surface area is 82.6 Å². The minimum atomic E-state index is 0.272. The van der Waals surface area contributed by atoms with E-state index in [2.05, 4.69) is 4.98 Å². The Morgan fingerprint density at radius 2 is 2.00 bits per heavy atom. The van der Waals surface area contributed by atoms with E-state index in [1.54, 1.807) is 18.3 Å². The van der Waals surface area contributed by atoms with Crippen LogP contribution in [-0.2, 0) is 0 Å². The number of benzene rings is 1. The van der Waals surface area contributed by atoms with E-state index in [0.29, 0.717) is 0 Å². The van der Waals surface area contributed by atoms with E-state index in [1.165, 1.54) is 0 Å². The Balaban J connectivity index is 2.77. The SMILES string of the molecule is CN(C)c1nccc2ccc(O)cc12. The van der Waals surface area contributed by atoms with Crippen molar-refractivity contribution in [3.8, 4) is 5.75 Å². The summed E-state index contributed by atoms with van der Waals surface area (Å²) in [6.45, 7) is 0. The molecule has 72 valence electrons. The summed E-state index contributed by atoms with van der Waals surface area (Å²) in [5, 5.41) is 11.4. The van der Waals surface area contributed by atoms with Crippen molar-refractivity contribution in [2.24, 2.45) is 0 Å². The number of hydrogen-bond acceptors (Lipinski definition) is 3. The summed E-state index contributed by atoms with van der Waals surface area (Å²) in [4.78, 5) is 6.19. The minimum Gasteiger partial charge on any atom is -0.508 e. The first-order valence-electron chi connectivity index (χ1n) is 4.43. The van der Waals surface area contributed by atoms with Crippen LogP contribution in [0.25, 0.3) is 10.8 Å². The normalized spacial score (nSPS) is 10.4. The fourth-order valence-corrected chi connectivity index (χ4v) is 1.50. The first-order valence-corrected chi connectivity index (χ1v) is 4.43. The summed E-state index contributed by atoms with van der Waals surface area (Å²) in [6.07, 6.45) is 1.77. The van der Waals surface area contributed by atoms with Gasteiger partial charge in [-0.1, -0.05) is 6.07 Å². The predicted molar refractivity (Wildman–Crippen MR) is 57.7 cm³/mol. The molecule has 2 aromatic rings. The van der Waals surface area contributed by atoms with E-state index in [1.807, 2.05) is 31.1 Å². The lowest BCUT2D eigenvalue weighted by Gasteiger charge is -2.13. The number of aromatic nitrogens is 1. The Bertz CT molecular complexity index is 466. The molecule has 1 N–H and O–H groups in total.